The van der Waals surface area contributed by atoms with Gasteiger partial charge in [-0.2, -0.15) is 9.57 Å². The van der Waals surface area contributed by atoms with Gasteiger partial charge < -0.3 is 15.3 Å². The highest BCUT2D eigenvalue weighted by atomic mass is 32.2. The van der Waals surface area contributed by atoms with E-state index in [-0.39, 0.29) is 18.7 Å². The van der Waals surface area contributed by atoms with E-state index in [9.17, 15) is 18.0 Å². The van der Waals surface area contributed by atoms with E-state index in [4.69, 9.17) is 10.4 Å². The molecule has 10 heteroatoms. The lowest BCUT2D eigenvalue weighted by Crippen LogP contribution is -2.46. The number of sulfonamides is 1. The first-order valence-electron chi connectivity index (χ1n) is 6.05. The highest BCUT2D eigenvalue weighted by Gasteiger charge is 2.23. The van der Waals surface area contributed by atoms with Crippen molar-refractivity contribution in [3.8, 4) is 6.07 Å². The van der Waals surface area contributed by atoms with Crippen LogP contribution in [0.2, 0.25) is 0 Å². The maximum Gasteiger partial charge on any atom is 0.322 e. The molecule has 1 heterocycles. The molecular formula is C11H16N4O5S. The molecule has 1 aliphatic rings. The number of aliphatic carboxylic acids is 1. The molecule has 1 amide bonds. The lowest BCUT2D eigenvalue weighted by molar-refractivity contribution is -0.137. The number of amides is 1. The topological polar surface area (TPSA) is 131 Å². The van der Waals surface area contributed by atoms with Crippen molar-refractivity contribution in [2.75, 3.05) is 39.0 Å². The van der Waals surface area contributed by atoms with Crippen LogP contribution in [0.3, 0.4) is 0 Å². The molecule has 0 saturated carbocycles. The molecule has 1 fully saturated rings. The van der Waals surface area contributed by atoms with Crippen LogP contribution in [0.5, 0.6) is 0 Å². The van der Waals surface area contributed by atoms with Crippen LogP contribution in [0, 0.1) is 11.3 Å². The Labute approximate surface area is 122 Å². The number of carbonyl (C=O) groups excluding carboxylic acids is 1. The van der Waals surface area contributed by atoms with E-state index in [0.29, 0.717) is 13.1 Å². The molecule has 0 aromatic rings. The summed E-state index contributed by atoms with van der Waals surface area (Å²) in [5, 5.41) is 19.5. The van der Waals surface area contributed by atoms with Crippen molar-refractivity contribution in [3.05, 3.63) is 11.8 Å². The zero-order chi connectivity index (χ0) is 16.0. The lowest BCUT2D eigenvalue weighted by atomic mass is 10.2. The average molecular weight is 316 g/mol. The maximum atomic E-state index is 11.6. The molecule has 21 heavy (non-hydrogen) atoms. The monoisotopic (exact) mass is 316 g/mol. The zero-order valence-corrected chi connectivity index (χ0v) is 12.3. The summed E-state index contributed by atoms with van der Waals surface area (Å²) in [6.45, 7) is 0.671. The van der Waals surface area contributed by atoms with E-state index in [1.165, 1.54) is 10.5 Å². The van der Waals surface area contributed by atoms with Crippen LogP contribution in [0.15, 0.2) is 11.8 Å². The molecule has 9 nitrogen and oxygen atoms in total. The van der Waals surface area contributed by atoms with Crippen molar-refractivity contribution in [1.29, 1.82) is 5.26 Å². The Hall–Kier alpha value is -2.12. The zero-order valence-electron chi connectivity index (χ0n) is 11.4. The maximum absolute atomic E-state index is 11.6. The average Bonchev–Trinajstić information content (AvgIpc) is 2.41. The van der Waals surface area contributed by atoms with Gasteiger partial charge in [-0.1, -0.05) is 0 Å². The third kappa shape index (κ3) is 5.41. The standard InChI is InChI=1S/C11H16N4O5S/c1-21(19,20)15-4-2-14(3-5-15)8-9(6-12)11(18)13-7-10(16)17/h8H,2-5,7H2,1H3,(H,13,18)(H,16,17)/b9-8-. The number of hydrogen-bond acceptors (Lipinski definition) is 6. The number of nitrogens with zero attached hydrogens (tertiary/aromatic N) is 3. The van der Waals surface area contributed by atoms with Crippen molar-refractivity contribution in [3.63, 3.8) is 0 Å². The van der Waals surface area contributed by atoms with Crippen molar-refractivity contribution in [2.24, 2.45) is 0 Å². The van der Waals surface area contributed by atoms with Crippen LogP contribution >= 0.6 is 0 Å². The predicted octanol–water partition coefficient (Wildman–Crippen LogP) is -1.83. The van der Waals surface area contributed by atoms with Gasteiger partial charge in [-0.15, -0.1) is 0 Å². The van der Waals surface area contributed by atoms with E-state index < -0.39 is 28.4 Å². The van der Waals surface area contributed by atoms with E-state index in [1.54, 1.807) is 11.0 Å². The van der Waals surface area contributed by atoms with Crippen molar-refractivity contribution in [2.45, 2.75) is 0 Å². The molecule has 1 aliphatic heterocycles. The number of carbonyl (C=O) groups is 2. The van der Waals surface area contributed by atoms with Gasteiger partial charge in [-0.05, 0) is 0 Å². The second-order valence-corrected chi connectivity index (χ2v) is 6.41. The minimum atomic E-state index is -3.24. The summed E-state index contributed by atoms with van der Waals surface area (Å²) in [7, 11) is -3.24. The van der Waals surface area contributed by atoms with Gasteiger partial charge in [-0.25, -0.2) is 8.42 Å². The summed E-state index contributed by atoms with van der Waals surface area (Å²) in [4.78, 5) is 23.6. The van der Waals surface area contributed by atoms with Gasteiger partial charge in [0.2, 0.25) is 10.0 Å². The lowest BCUT2D eigenvalue weighted by Gasteiger charge is -2.32. The largest absolute Gasteiger partial charge is 0.480 e. The third-order valence-electron chi connectivity index (χ3n) is 2.82. The number of piperazine rings is 1. The molecule has 0 aromatic carbocycles. The van der Waals surface area contributed by atoms with Crippen LogP contribution in [-0.4, -0.2) is 73.6 Å². The second-order valence-electron chi connectivity index (χ2n) is 4.43. The van der Waals surface area contributed by atoms with Gasteiger partial charge in [0.25, 0.3) is 5.91 Å². The number of nitrogens with one attached hydrogen (secondary N) is 1. The van der Waals surface area contributed by atoms with Crippen LogP contribution in [-0.2, 0) is 19.6 Å². The Morgan fingerprint density at radius 1 is 1.33 bits per heavy atom. The summed E-state index contributed by atoms with van der Waals surface area (Å²) >= 11 is 0. The molecule has 1 rings (SSSR count). The van der Waals surface area contributed by atoms with E-state index in [0.717, 1.165) is 6.26 Å². The van der Waals surface area contributed by atoms with E-state index >= 15 is 0 Å². The van der Waals surface area contributed by atoms with Gasteiger partial charge in [0, 0.05) is 32.4 Å². The fourth-order valence-electron chi connectivity index (χ4n) is 1.74. The minimum absolute atomic E-state index is 0.218. The molecule has 0 aliphatic carbocycles. The summed E-state index contributed by atoms with van der Waals surface area (Å²) in [6.07, 6.45) is 2.44. The van der Waals surface area contributed by atoms with Gasteiger partial charge in [0.1, 0.15) is 18.2 Å². The molecule has 0 atom stereocenters. The van der Waals surface area contributed by atoms with Gasteiger partial charge >= 0.3 is 5.97 Å². The van der Waals surface area contributed by atoms with Gasteiger partial charge in [0.05, 0.1) is 6.26 Å². The molecule has 0 unspecified atom stereocenters. The second kappa shape index (κ2) is 7.05. The van der Waals surface area contributed by atoms with E-state index in [2.05, 4.69) is 5.32 Å². The smallest absolute Gasteiger partial charge is 0.322 e. The SMILES string of the molecule is CS(=O)(=O)N1CCN(/C=C(/C#N)C(=O)NCC(=O)O)CC1. The van der Waals surface area contributed by atoms with Crippen LogP contribution < -0.4 is 5.32 Å². The first-order valence-corrected chi connectivity index (χ1v) is 7.90. The first kappa shape index (κ1) is 16.9. The van der Waals surface area contributed by atoms with Gasteiger partial charge in [-0.3, -0.25) is 9.59 Å². The fraction of sp³-hybridized carbons (Fsp3) is 0.545. The molecule has 0 spiro atoms. The Kier molecular flexibility index (Phi) is 5.69. The predicted molar refractivity (Wildman–Crippen MR) is 72.3 cm³/mol. The summed E-state index contributed by atoms with van der Waals surface area (Å²) in [5.41, 5.74) is -0.218. The normalized spacial score (nSPS) is 17.1. The number of nitriles is 1. The fourth-order valence-corrected chi connectivity index (χ4v) is 2.56. The summed E-state index contributed by atoms with van der Waals surface area (Å²) in [6, 6.07) is 1.70. The van der Waals surface area contributed by atoms with Crippen LogP contribution in [0.1, 0.15) is 0 Å². The Bertz CT molecular complexity index is 584. The highest BCUT2D eigenvalue weighted by Crippen LogP contribution is 2.08. The van der Waals surface area contributed by atoms with E-state index in [1.807, 2.05) is 0 Å². The molecule has 1 saturated heterocycles. The number of hydrogen-bond donors (Lipinski definition) is 2. The van der Waals surface area contributed by atoms with Crippen LogP contribution in [0.4, 0.5) is 0 Å². The van der Waals surface area contributed by atoms with Crippen molar-refractivity contribution >= 4 is 21.9 Å². The first-order chi connectivity index (χ1) is 9.74. The molecule has 0 radical (unpaired) electrons. The molecule has 0 bridgehead atoms. The molecule has 116 valence electrons. The molecular weight excluding hydrogens is 300 g/mol. The molecule has 2 N–H and O–H groups in total. The Balaban J connectivity index is 2.63. The summed E-state index contributed by atoms with van der Waals surface area (Å²) < 4.78 is 24.0. The van der Waals surface area contributed by atoms with Crippen molar-refractivity contribution < 1.29 is 23.1 Å². The summed E-state index contributed by atoms with van der Waals surface area (Å²) in [5.74, 6) is -1.98. The Morgan fingerprint density at radius 2 is 1.90 bits per heavy atom. The van der Waals surface area contributed by atoms with Crippen molar-refractivity contribution in [1.82, 2.24) is 14.5 Å². The number of carboxylic acid groups (broad SMARTS) is 1. The molecule has 0 aromatic heterocycles. The number of carboxylic acids is 1. The minimum Gasteiger partial charge on any atom is -0.480 e. The number of rotatable bonds is 5. The quantitative estimate of drug-likeness (QED) is 0.450. The van der Waals surface area contributed by atoms with Gasteiger partial charge in [0.15, 0.2) is 0 Å². The third-order valence-corrected chi connectivity index (χ3v) is 4.12. The van der Waals surface area contributed by atoms with Crippen LogP contribution in [0.25, 0.3) is 0 Å². The Morgan fingerprint density at radius 3 is 2.33 bits per heavy atom. The highest BCUT2D eigenvalue weighted by molar-refractivity contribution is 7.88.